The number of carbonyl (C=O) groups is 2. The molecule has 1 fully saturated rings. The lowest BCUT2D eigenvalue weighted by molar-refractivity contribution is -0.132. The summed E-state index contributed by atoms with van der Waals surface area (Å²) in [5.41, 5.74) is 0.904. The van der Waals surface area contributed by atoms with Crippen molar-refractivity contribution in [1.29, 1.82) is 0 Å². The number of amides is 1. The Morgan fingerprint density at radius 3 is 2.35 bits per heavy atom. The van der Waals surface area contributed by atoms with Gasteiger partial charge in [-0.2, -0.15) is 0 Å². The largest absolute Gasteiger partial charge is 0.507 e. The van der Waals surface area contributed by atoms with Gasteiger partial charge in [0.05, 0.1) is 25.8 Å². The predicted molar refractivity (Wildman–Crippen MR) is 112 cm³/mol. The maximum atomic E-state index is 13.0. The fourth-order valence-corrected chi connectivity index (χ4v) is 3.63. The van der Waals surface area contributed by atoms with Gasteiger partial charge in [0.15, 0.2) is 17.3 Å². The lowest BCUT2D eigenvalue weighted by atomic mass is 9.95. The lowest BCUT2D eigenvalue weighted by Crippen LogP contribution is -2.29. The van der Waals surface area contributed by atoms with Crippen molar-refractivity contribution in [3.05, 3.63) is 77.1 Å². The molecular formula is C23H20N2O6. The molecule has 0 saturated carbocycles. The number of ether oxygens (including phenoxy) is 2. The SMILES string of the molecule is COc1ccc(/C(O)=C2/C(=O)C(=O)N(c3cc(C)on3)C2c2ccccc2)cc1OC. The summed E-state index contributed by atoms with van der Waals surface area (Å²) in [4.78, 5) is 27.3. The molecule has 4 rings (SSSR count). The Kier molecular flexibility index (Phi) is 5.21. The maximum Gasteiger partial charge on any atom is 0.301 e. The molecule has 2 aromatic carbocycles. The first kappa shape index (κ1) is 20.2. The molecule has 158 valence electrons. The van der Waals surface area contributed by atoms with E-state index in [2.05, 4.69) is 5.16 Å². The van der Waals surface area contributed by atoms with E-state index in [9.17, 15) is 14.7 Å². The number of benzene rings is 2. The number of aliphatic hydroxyl groups is 1. The van der Waals surface area contributed by atoms with E-state index in [0.29, 0.717) is 28.4 Å². The van der Waals surface area contributed by atoms with Gasteiger partial charge in [-0.1, -0.05) is 35.5 Å². The summed E-state index contributed by atoms with van der Waals surface area (Å²) in [6.45, 7) is 1.69. The second-order valence-electron chi connectivity index (χ2n) is 6.95. The minimum atomic E-state index is -0.876. The molecule has 0 spiro atoms. The zero-order valence-electron chi connectivity index (χ0n) is 17.2. The van der Waals surface area contributed by atoms with Gasteiger partial charge < -0.3 is 19.1 Å². The van der Waals surface area contributed by atoms with Crippen LogP contribution >= 0.6 is 0 Å². The van der Waals surface area contributed by atoms with Gasteiger partial charge >= 0.3 is 5.91 Å². The zero-order valence-corrected chi connectivity index (χ0v) is 17.2. The van der Waals surface area contributed by atoms with E-state index in [4.69, 9.17) is 14.0 Å². The molecule has 0 aliphatic carbocycles. The summed E-state index contributed by atoms with van der Waals surface area (Å²) < 4.78 is 15.6. The van der Waals surface area contributed by atoms with Crippen molar-refractivity contribution < 1.29 is 28.7 Å². The van der Waals surface area contributed by atoms with Gasteiger partial charge in [0.25, 0.3) is 5.78 Å². The van der Waals surface area contributed by atoms with Crippen molar-refractivity contribution in [3.8, 4) is 11.5 Å². The number of aromatic nitrogens is 1. The normalized spacial score (nSPS) is 17.8. The minimum Gasteiger partial charge on any atom is -0.507 e. The smallest absolute Gasteiger partial charge is 0.301 e. The molecule has 1 aliphatic rings. The van der Waals surface area contributed by atoms with Crippen LogP contribution < -0.4 is 14.4 Å². The number of nitrogens with zero attached hydrogens (tertiary/aromatic N) is 2. The Hall–Kier alpha value is -4.07. The third kappa shape index (κ3) is 3.42. The zero-order chi connectivity index (χ0) is 22.1. The molecule has 31 heavy (non-hydrogen) atoms. The summed E-state index contributed by atoms with van der Waals surface area (Å²) in [6, 6.07) is 14.4. The molecule has 1 saturated heterocycles. The van der Waals surface area contributed by atoms with Crippen molar-refractivity contribution in [1.82, 2.24) is 5.16 Å². The molecule has 8 nitrogen and oxygen atoms in total. The molecule has 2 heterocycles. The summed E-state index contributed by atoms with van der Waals surface area (Å²) >= 11 is 0. The first-order valence-electron chi connectivity index (χ1n) is 9.48. The Balaban J connectivity index is 1.92. The van der Waals surface area contributed by atoms with Crippen molar-refractivity contribution >= 4 is 23.3 Å². The van der Waals surface area contributed by atoms with Crippen LogP contribution in [0.15, 0.2) is 64.7 Å². The Bertz CT molecular complexity index is 1180. The highest BCUT2D eigenvalue weighted by Gasteiger charge is 2.48. The van der Waals surface area contributed by atoms with Gasteiger partial charge in [-0.15, -0.1) is 0 Å². The Labute approximate surface area is 178 Å². The topological polar surface area (TPSA) is 102 Å². The van der Waals surface area contributed by atoms with Crippen LogP contribution in [0, 0.1) is 6.92 Å². The number of aliphatic hydroxyl groups excluding tert-OH is 1. The van der Waals surface area contributed by atoms with Crippen LogP contribution in [0.1, 0.15) is 22.9 Å². The molecule has 0 radical (unpaired) electrons. The molecule has 1 atom stereocenters. The number of ketones is 1. The summed E-state index contributed by atoms with van der Waals surface area (Å²) in [6.07, 6.45) is 0. The molecule has 1 aromatic heterocycles. The second kappa shape index (κ2) is 7.98. The number of methoxy groups -OCH3 is 2. The van der Waals surface area contributed by atoms with E-state index in [1.54, 1.807) is 55.5 Å². The fourth-order valence-electron chi connectivity index (χ4n) is 3.63. The summed E-state index contributed by atoms with van der Waals surface area (Å²) in [7, 11) is 2.97. The highest BCUT2D eigenvalue weighted by Crippen LogP contribution is 2.42. The van der Waals surface area contributed by atoms with Gasteiger partial charge in [-0.05, 0) is 30.7 Å². The monoisotopic (exact) mass is 420 g/mol. The van der Waals surface area contributed by atoms with Crippen LogP contribution in [0.5, 0.6) is 11.5 Å². The average Bonchev–Trinajstić information content (AvgIpc) is 3.34. The van der Waals surface area contributed by atoms with Crippen molar-refractivity contribution in [2.24, 2.45) is 0 Å². The van der Waals surface area contributed by atoms with E-state index in [0.717, 1.165) is 0 Å². The number of rotatable bonds is 5. The van der Waals surface area contributed by atoms with Gasteiger partial charge in [-0.25, -0.2) is 0 Å². The molecule has 3 aromatic rings. The van der Waals surface area contributed by atoms with Gasteiger partial charge in [-0.3, -0.25) is 14.5 Å². The number of carbonyl (C=O) groups excluding carboxylic acids is 2. The number of hydrogen-bond acceptors (Lipinski definition) is 7. The third-order valence-electron chi connectivity index (χ3n) is 5.08. The lowest BCUT2D eigenvalue weighted by Gasteiger charge is -2.22. The second-order valence-corrected chi connectivity index (χ2v) is 6.95. The Morgan fingerprint density at radius 2 is 1.74 bits per heavy atom. The van der Waals surface area contributed by atoms with E-state index < -0.39 is 17.7 Å². The minimum absolute atomic E-state index is 0.0518. The number of Topliss-reactive ketones (excluding diaryl/α,β-unsaturated/α-hetero) is 1. The average molecular weight is 420 g/mol. The molecule has 1 N–H and O–H groups in total. The van der Waals surface area contributed by atoms with E-state index in [1.165, 1.54) is 19.1 Å². The van der Waals surface area contributed by atoms with E-state index >= 15 is 0 Å². The van der Waals surface area contributed by atoms with Crippen LogP contribution in [0.4, 0.5) is 5.82 Å². The molecule has 1 unspecified atom stereocenters. The quantitative estimate of drug-likeness (QED) is 0.382. The number of aryl methyl sites for hydroxylation is 1. The van der Waals surface area contributed by atoms with Gasteiger partial charge in [0.1, 0.15) is 11.5 Å². The van der Waals surface area contributed by atoms with E-state index in [1.807, 2.05) is 6.07 Å². The summed E-state index contributed by atoms with van der Waals surface area (Å²) in [5.74, 6) is -0.411. The highest BCUT2D eigenvalue weighted by molar-refractivity contribution is 6.51. The fraction of sp³-hybridized carbons (Fsp3) is 0.174. The third-order valence-corrected chi connectivity index (χ3v) is 5.08. The predicted octanol–water partition coefficient (Wildman–Crippen LogP) is 3.63. The number of hydrogen-bond donors (Lipinski definition) is 1. The van der Waals surface area contributed by atoms with Gasteiger partial charge in [0.2, 0.25) is 0 Å². The van der Waals surface area contributed by atoms with E-state index in [-0.39, 0.29) is 17.2 Å². The van der Waals surface area contributed by atoms with Crippen LogP contribution in [-0.4, -0.2) is 36.2 Å². The van der Waals surface area contributed by atoms with Gasteiger partial charge in [0, 0.05) is 11.6 Å². The first-order chi connectivity index (χ1) is 15.0. The van der Waals surface area contributed by atoms with Crippen LogP contribution in [0.25, 0.3) is 5.76 Å². The Morgan fingerprint density at radius 1 is 1.03 bits per heavy atom. The van der Waals surface area contributed by atoms with Crippen molar-refractivity contribution in [2.45, 2.75) is 13.0 Å². The number of anilines is 1. The van der Waals surface area contributed by atoms with Crippen LogP contribution in [0.2, 0.25) is 0 Å². The maximum absolute atomic E-state index is 13.0. The molecule has 1 aliphatic heterocycles. The van der Waals surface area contributed by atoms with Crippen molar-refractivity contribution in [3.63, 3.8) is 0 Å². The first-order valence-corrected chi connectivity index (χ1v) is 9.48. The molecule has 0 bridgehead atoms. The molecule has 8 heteroatoms. The summed E-state index contributed by atoms with van der Waals surface area (Å²) in [5, 5.41) is 15.0. The molecular weight excluding hydrogens is 400 g/mol. The van der Waals surface area contributed by atoms with Crippen LogP contribution in [-0.2, 0) is 9.59 Å². The van der Waals surface area contributed by atoms with Crippen LogP contribution in [0.3, 0.4) is 0 Å². The highest BCUT2D eigenvalue weighted by atomic mass is 16.5. The van der Waals surface area contributed by atoms with Crippen molar-refractivity contribution in [2.75, 3.05) is 19.1 Å². The molecule has 1 amide bonds. The standard InChI is InChI=1S/C23H20N2O6/c1-13-11-18(24-31-13)25-20(14-7-5-4-6-8-14)19(22(27)23(25)28)21(26)15-9-10-16(29-2)17(12-15)30-3/h4-12,20,26H,1-3H3/b21-19-.